The Bertz CT molecular complexity index is 974. The van der Waals surface area contributed by atoms with Crippen molar-refractivity contribution in [2.75, 3.05) is 26.7 Å². The van der Waals surface area contributed by atoms with Crippen molar-refractivity contribution < 1.29 is 4.79 Å². The van der Waals surface area contributed by atoms with Gasteiger partial charge in [0.15, 0.2) is 5.69 Å². The fourth-order valence-corrected chi connectivity index (χ4v) is 4.00. The Morgan fingerprint density at radius 3 is 2.75 bits per heavy atom. The van der Waals surface area contributed by atoms with Crippen molar-refractivity contribution in [3.63, 3.8) is 0 Å². The number of benzene rings is 2. The van der Waals surface area contributed by atoms with Crippen molar-refractivity contribution in [3.05, 3.63) is 59.9 Å². The van der Waals surface area contributed by atoms with Gasteiger partial charge in [0, 0.05) is 25.7 Å². The molecule has 28 heavy (non-hydrogen) atoms. The molecule has 0 N–H and O–H groups in total. The summed E-state index contributed by atoms with van der Waals surface area (Å²) in [6, 6.07) is 14.8. The van der Waals surface area contributed by atoms with E-state index in [0.717, 1.165) is 19.6 Å². The van der Waals surface area contributed by atoms with Crippen LogP contribution in [0.1, 0.15) is 29.9 Å². The van der Waals surface area contributed by atoms with Gasteiger partial charge < -0.3 is 9.80 Å². The quantitative estimate of drug-likeness (QED) is 0.702. The third kappa shape index (κ3) is 3.64. The number of hydrogen-bond acceptors (Lipinski definition) is 4. The zero-order chi connectivity index (χ0) is 19.7. The molecule has 1 atom stereocenters. The first-order valence-electron chi connectivity index (χ1n) is 9.89. The first kappa shape index (κ1) is 18.6. The number of fused-ring (bicyclic) bond motifs is 1. The topological polar surface area (TPSA) is 54.3 Å². The standard InChI is InChI=1S/C22H27N5O/c1-16(2)21-15-25(3)11-12-27(21)22(28)20-14-26(24-23-20)13-18-9-6-8-17-7-4-5-10-19(17)18/h4-10,14,16,21H,11-13,15H2,1-3H3/t21-/m1/s1. The first-order valence-corrected chi connectivity index (χ1v) is 9.89. The number of piperazine rings is 1. The summed E-state index contributed by atoms with van der Waals surface area (Å²) in [5.74, 6) is 0.383. The second-order valence-corrected chi connectivity index (χ2v) is 8.01. The summed E-state index contributed by atoms with van der Waals surface area (Å²) in [6.07, 6.45) is 1.78. The van der Waals surface area contributed by atoms with Crippen molar-refractivity contribution in [2.24, 2.45) is 5.92 Å². The van der Waals surface area contributed by atoms with Crippen LogP contribution in [-0.2, 0) is 6.54 Å². The highest BCUT2D eigenvalue weighted by molar-refractivity contribution is 5.92. The highest BCUT2D eigenvalue weighted by atomic mass is 16.2. The van der Waals surface area contributed by atoms with E-state index in [2.05, 4.69) is 66.4 Å². The molecule has 1 saturated heterocycles. The summed E-state index contributed by atoms with van der Waals surface area (Å²) in [6.45, 7) is 7.45. The molecule has 1 aliphatic heterocycles. The lowest BCUT2D eigenvalue weighted by Gasteiger charge is -2.41. The smallest absolute Gasteiger partial charge is 0.276 e. The Morgan fingerprint density at radius 1 is 1.14 bits per heavy atom. The molecule has 0 saturated carbocycles. The number of carbonyl (C=O) groups excluding carboxylic acids is 1. The van der Waals surface area contributed by atoms with Gasteiger partial charge in [0.1, 0.15) is 0 Å². The van der Waals surface area contributed by atoms with E-state index in [1.165, 1.54) is 16.3 Å². The molecule has 0 radical (unpaired) electrons. The molecule has 0 spiro atoms. The number of nitrogens with zero attached hydrogens (tertiary/aromatic N) is 5. The lowest BCUT2D eigenvalue weighted by atomic mass is 9.99. The van der Waals surface area contributed by atoms with Crippen molar-refractivity contribution in [2.45, 2.75) is 26.4 Å². The van der Waals surface area contributed by atoms with E-state index in [-0.39, 0.29) is 11.9 Å². The van der Waals surface area contributed by atoms with E-state index in [9.17, 15) is 4.79 Å². The van der Waals surface area contributed by atoms with Crippen LogP contribution in [0.5, 0.6) is 0 Å². The number of aromatic nitrogens is 3. The summed E-state index contributed by atoms with van der Waals surface area (Å²) >= 11 is 0. The van der Waals surface area contributed by atoms with Crippen LogP contribution in [0, 0.1) is 5.92 Å². The van der Waals surface area contributed by atoms with E-state index in [0.29, 0.717) is 18.2 Å². The number of carbonyl (C=O) groups is 1. The van der Waals surface area contributed by atoms with E-state index in [1.807, 2.05) is 17.0 Å². The molecule has 6 heteroatoms. The molecule has 1 aliphatic rings. The van der Waals surface area contributed by atoms with Crippen LogP contribution in [0.25, 0.3) is 10.8 Å². The van der Waals surface area contributed by atoms with Crippen LogP contribution in [0.3, 0.4) is 0 Å². The lowest BCUT2D eigenvalue weighted by molar-refractivity contribution is 0.0397. The Hall–Kier alpha value is -2.73. The summed E-state index contributed by atoms with van der Waals surface area (Å²) in [4.78, 5) is 17.3. The van der Waals surface area contributed by atoms with Gasteiger partial charge in [-0.2, -0.15) is 0 Å². The van der Waals surface area contributed by atoms with Gasteiger partial charge in [0.05, 0.1) is 12.7 Å². The maximum atomic E-state index is 13.1. The van der Waals surface area contributed by atoms with Crippen molar-refractivity contribution in [3.8, 4) is 0 Å². The van der Waals surface area contributed by atoms with Gasteiger partial charge >= 0.3 is 0 Å². The number of rotatable bonds is 4. The summed E-state index contributed by atoms with van der Waals surface area (Å²) < 4.78 is 1.76. The molecule has 0 aliphatic carbocycles. The fourth-order valence-electron chi connectivity index (χ4n) is 4.00. The maximum Gasteiger partial charge on any atom is 0.276 e. The SMILES string of the molecule is CC(C)[C@H]1CN(C)CCN1C(=O)c1cn(Cc2cccc3ccccc23)nn1. The predicted molar refractivity (Wildman–Crippen MR) is 110 cm³/mol. The average Bonchev–Trinajstić information content (AvgIpc) is 3.16. The highest BCUT2D eigenvalue weighted by Crippen LogP contribution is 2.21. The molecule has 146 valence electrons. The zero-order valence-corrected chi connectivity index (χ0v) is 16.7. The first-order chi connectivity index (χ1) is 13.5. The maximum absolute atomic E-state index is 13.1. The summed E-state index contributed by atoms with van der Waals surface area (Å²) in [5.41, 5.74) is 1.59. The molecule has 4 rings (SSSR count). The van der Waals surface area contributed by atoms with E-state index < -0.39 is 0 Å². The molecular weight excluding hydrogens is 350 g/mol. The van der Waals surface area contributed by atoms with Crippen LogP contribution in [0.15, 0.2) is 48.7 Å². The van der Waals surface area contributed by atoms with Crippen LogP contribution < -0.4 is 0 Å². The highest BCUT2D eigenvalue weighted by Gasteiger charge is 2.32. The van der Waals surface area contributed by atoms with Crippen molar-refractivity contribution in [1.29, 1.82) is 0 Å². The molecule has 0 bridgehead atoms. The molecule has 1 fully saturated rings. The van der Waals surface area contributed by atoms with Crippen LogP contribution in [-0.4, -0.2) is 63.4 Å². The fraction of sp³-hybridized carbons (Fsp3) is 0.409. The van der Waals surface area contributed by atoms with Gasteiger partial charge in [0.25, 0.3) is 5.91 Å². The van der Waals surface area contributed by atoms with Crippen molar-refractivity contribution >= 4 is 16.7 Å². The van der Waals surface area contributed by atoms with E-state index >= 15 is 0 Å². The third-order valence-corrected chi connectivity index (χ3v) is 5.62. The minimum atomic E-state index is -0.0176. The molecular formula is C22H27N5O. The monoisotopic (exact) mass is 377 g/mol. The third-order valence-electron chi connectivity index (χ3n) is 5.62. The molecule has 2 aromatic carbocycles. The van der Waals surface area contributed by atoms with Gasteiger partial charge in [-0.3, -0.25) is 4.79 Å². The van der Waals surface area contributed by atoms with Gasteiger partial charge in [-0.15, -0.1) is 5.10 Å². The van der Waals surface area contributed by atoms with E-state index in [1.54, 1.807) is 10.9 Å². The normalized spacial score (nSPS) is 18.1. The zero-order valence-electron chi connectivity index (χ0n) is 16.7. The van der Waals surface area contributed by atoms with Crippen LogP contribution >= 0.6 is 0 Å². The average molecular weight is 377 g/mol. The minimum Gasteiger partial charge on any atom is -0.331 e. The van der Waals surface area contributed by atoms with Crippen LogP contribution in [0.2, 0.25) is 0 Å². The number of amides is 1. The number of likely N-dealkylation sites (N-methyl/N-ethyl adjacent to an activating group) is 1. The minimum absolute atomic E-state index is 0.0176. The number of hydrogen-bond donors (Lipinski definition) is 0. The predicted octanol–water partition coefficient (Wildman–Crippen LogP) is 2.89. The largest absolute Gasteiger partial charge is 0.331 e. The van der Waals surface area contributed by atoms with E-state index in [4.69, 9.17) is 0 Å². The van der Waals surface area contributed by atoms with Gasteiger partial charge in [0.2, 0.25) is 0 Å². The Morgan fingerprint density at radius 2 is 1.93 bits per heavy atom. The molecule has 2 heterocycles. The molecule has 3 aromatic rings. The van der Waals surface area contributed by atoms with Crippen molar-refractivity contribution in [1.82, 2.24) is 24.8 Å². The van der Waals surface area contributed by atoms with Gasteiger partial charge in [-0.25, -0.2) is 4.68 Å². The summed E-state index contributed by atoms with van der Waals surface area (Å²) in [7, 11) is 2.11. The Labute approximate surface area is 165 Å². The second kappa shape index (κ2) is 7.72. The van der Waals surface area contributed by atoms with Crippen LogP contribution in [0.4, 0.5) is 0 Å². The lowest BCUT2D eigenvalue weighted by Crippen LogP contribution is -2.56. The molecule has 6 nitrogen and oxygen atoms in total. The summed E-state index contributed by atoms with van der Waals surface area (Å²) in [5, 5.41) is 10.8. The molecule has 1 amide bonds. The second-order valence-electron chi connectivity index (χ2n) is 8.01. The molecule has 0 unspecified atom stereocenters. The van der Waals surface area contributed by atoms with Gasteiger partial charge in [-0.05, 0) is 29.3 Å². The van der Waals surface area contributed by atoms with Gasteiger partial charge in [-0.1, -0.05) is 61.5 Å². The Balaban J connectivity index is 1.54. The Kier molecular flexibility index (Phi) is 5.13. The molecule has 1 aromatic heterocycles.